The maximum Gasteiger partial charge on any atom is 0.0461 e. The average molecular weight is 301 g/mol. The highest BCUT2D eigenvalue weighted by molar-refractivity contribution is 8.76. The molecule has 0 spiro atoms. The zero-order chi connectivity index (χ0) is 12.1. The fourth-order valence-electron chi connectivity index (χ4n) is 1.30. The molecular formula is C13H10Cl2S2. The molecule has 0 unspecified atom stereocenters. The summed E-state index contributed by atoms with van der Waals surface area (Å²) in [6.07, 6.45) is 0. The summed E-state index contributed by atoms with van der Waals surface area (Å²) >= 11 is 12.2. The minimum absolute atomic E-state index is 0.735. The second-order valence-electron chi connectivity index (χ2n) is 3.36. The van der Waals surface area contributed by atoms with Gasteiger partial charge in [-0.1, -0.05) is 69.1 Å². The summed E-state index contributed by atoms with van der Waals surface area (Å²) in [6.45, 7) is 0. The summed E-state index contributed by atoms with van der Waals surface area (Å²) in [4.78, 5) is 1.24. The molecule has 0 heterocycles. The molecule has 0 aliphatic rings. The van der Waals surface area contributed by atoms with Gasteiger partial charge in [0, 0.05) is 26.3 Å². The van der Waals surface area contributed by atoms with E-state index in [1.165, 1.54) is 4.90 Å². The predicted octanol–water partition coefficient (Wildman–Crippen LogP) is 5.93. The van der Waals surface area contributed by atoms with E-state index in [9.17, 15) is 0 Å². The fraction of sp³-hybridized carbons (Fsp3) is 0.0769. The van der Waals surface area contributed by atoms with Gasteiger partial charge in [-0.25, -0.2) is 0 Å². The van der Waals surface area contributed by atoms with Crippen molar-refractivity contribution in [1.29, 1.82) is 0 Å². The third-order valence-corrected chi connectivity index (χ3v) is 5.14. The molecule has 0 radical (unpaired) electrons. The lowest BCUT2D eigenvalue weighted by Gasteiger charge is -2.05. The van der Waals surface area contributed by atoms with E-state index < -0.39 is 0 Å². The summed E-state index contributed by atoms with van der Waals surface area (Å²) in [5.74, 6) is 0.804. The minimum Gasteiger partial charge on any atom is -0.0840 e. The maximum atomic E-state index is 6.10. The van der Waals surface area contributed by atoms with E-state index in [0.29, 0.717) is 0 Å². The molecule has 0 N–H and O–H groups in total. The Labute approximate surface area is 119 Å². The first-order valence-corrected chi connectivity index (χ1v) is 8.12. The van der Waals surface area contributed by atoms with Gasteiger partial charge in [0.15, 0.2) is 0 Å². The number of hydrogen-bond donors (Lipinski definition) is 0. The highest BCUT2D eigenvalue weighted by Gasteiger charge is 2.05. The van der Waals surface area contributed by atoms with Crippen LogP contribution in [0.4, 0.5) is 0 Å². The molecule has 0 nitrogen and oxygen atoms in total. The zero-order valence-electron chi connectivity index (χ0n) is 8.90. The van der Waals surface area contributed by atoms with Crippen LogP contribution in [0.15, 0.2) is 53.4 Å². The molecule has 0 bridgehead atoms. The molecule has 0 atom stereocenters. The molecule has 0 saturated carbocycles. The summed E-state index contributed by atoms with van der Waals surface area (Å²) in [6, 6.07) is 15.9. The van der Waals surface area contributed by atoms with Gasteiger partial charge in [0.25, 0.3) is 0 Å². The quantitative estimate of drug-likeness (QED) is 0.641. The highest BCUT2D eigenvalue weighted by atomic mass is 35.5. The summed E-state index contributed by atoms with van der Waals surface area (Å²) < 4.78 is 0. The van der Waals surface area contributed by atoms with Gasteiger partial charge in [0.1, 0.15) is 0 Å². The van der Waals surface area contributed by atoms with E-state index in [1.807, 2.05) is 36.4 Å². The number of hydrogen-bond acceptors (Lipinski definition) is 2. The molecule has 0 aliphatic carbocycles. The lowest BCUT2D eigenvalue weighted by atomic mass is 10.2. The molecule has 0 saturated heterocycles. The normalized spacial score (nSPS) is 10.5. The van der Waals surface area contributed by atoms with Crippen molar-refractivity contribution in [1.82, 2.24) is 0 Å². The van der Waals surface area contributed by atoms with Crippen molar-refractivity contribution >= 4 is 44.8 Å². The van der Waals surface area contributed by atoms with Gasteiger partial charge >= 0.3 is 0 Å². The van der Waals surface area contributed by atoms with Gasteiger partial charge in [-0.3, -0.25) is 0 Å². The van der Waals surface area contributed by atoms with E-state index in [0.717, 1.165) is 21.4 Å². The Hall–Kier alpha value is -0.280. The van der Waals surface area contributed by atoms with Crippen LogP contribution in [0.5, 0.6) is 0 Å². The van der Waals surface area contributed by atoms with E-state index in [4.69, 9.17) is 23.2 Å². The summed E-state index contributed by atoms with van der Waals surface area (Å²) in [7, 11) is 3.47. The Bertz CT molecular complexity index is 466. The molecule has 2 aromatic rings. The third-order valence-electron chi connectivity index (χ3n) is 2.16. The Balaban J connectivity index is 1.95. The average Bonchev–Trinajstić information content (AvgIpc) is 2.34. The Morgan fingerprint density at radius 2 is 1.47 bits per heavy atom. The van der Waals surface area contributed by atoms with Gasteiger partial charge in [0.05, 0.1) is 0 Å². The molecule has 4 heteroatoms. The van der Waals surface area contributed by atoms with Crippen molar-refractivity contribution in [3.63, 3.8) is 0 Å². The predicted molar refractivity (Wildman–Crippen MR) is 80.1 cm³/mol. The van der Waals surface area contributed by atoms with Crippen LogP contribution in [-0.4, -0.2) is 0 Å². The molecule has 2 aromatic carbocycles. The lowest BCUT2D eigenvalue weighted by molar-refractivity contribution is 1.42. The summed E-state index contributed by atoms with van der Waals surface area (Å²) in [5.41, 5.74) is 1.00. The highest BCUT2D eigenvalue weighted by Crippen LogP contribution is 2.37. The first kappa shape index (κ1) is 13.2. The van der Waals surface area contributed by atoms with Gasteiger partial charge < -0.3 is 0 Å². The van der Waals surface area contributed by atoms with Gasteiger partial charge in [-0.05, 0) is 24.3 Å². The second kappa shape index (κ2) is 6.60. The minimum atomic E-state index is 0.735. The Kier molecular flexibility index (Phi) is 5.11. The smallest absolute Gasteiger partial charge is 0.0461 e. The van der Waals surface area contributed by atoms with E-state index in [1.54, 1.807) is 21.6 Å². The third kappa shape index (κ3) is 3.85. The number of rotatable bonds is 4. The van der Waals surface area contributed by atoms with Crippen molar-refractivity contribution < 1.29 is 0 Å². The number of halogens is 2. The van der Waals surface area contributed by atoms with Crippen molar-refractivity contribution in [3.8, 4) is 0 Å². The van der Waals surface area contributed by atoms with Gasteiger partial charge in [-0.2, -0.15) is 0 Å². The van der Waals surface area contributed by atoms with Crippen LogP contribution in [0.2, 0.25) is 10.0 Å². The van der Waals surface area contributed by atoms with Crippen LogP contribution in [0, 0.1) is 0 Å². The first-order valence-electron chi connectivity index (χ1n) is 5.05. The van der Waals surface area contributed by atoms with Crippen LogP contribution in [-0.2, 0) is 5.75 Å². The van der Waals surface area contributed by atoms with Gasteiger partial charge in [-0.15, -0.1) is 0 Å². The first-order chi connectivity index (χ1) is 8.27. The maximum absolute atomic E-state index is 6.10. The van der Waals surface area contributed by atoms with E-state index in [2.05, 4.69) is 12.1 Å². The molecule has 0 aliphatic heterocycles. The molecular weight excluding hydrogens is 291 g/mol. The molecule has 0 fully saturated rings. The largest absolute Gasteiger partial charge is 0.0840 e. The molecule has 17 heavy (non-hydrogen) atoms. The SMILES string of the molecule is Clc1cccc(Cl)c1CSSc1ccccc1. The molecule has 2 rings (SSSR count). The number of benzene rings is 2. The summed E-state index contributed by atoms with van der Waals surface area (Å²) in [5, 5.41) is 1.47. The van der Waals surface area contributed by atoms with Crippen LogP contribution in [0.1, 0.15) is 5.56 Å². The Morgan fingerprint density at radius 1 is 0.824 bits per heavy atom. The Morgan fingerprint density at radius 3 is 2.12 bits per heavy atom. The molecule has 88 valence electrons. The van der Waals surface area contributed by atoms with Gasteiger partial charge in [0.2, 0.25) is 0 Å². The van der Waals surface area contributed by atoms with Crippen LogP contribution in [0.25, 0.3) is 0 Å². The molecule has 0 amide bonds. The standard InChI is InChI=1S/C13H10Cl2S2/c14-12-7-4-8-13(15)11(12)9-16-17-10-5-2-1-3-6-10/h1-8H,9H2. The van der Waals surface area contributed by atoms with Crippen LogP contribution in [0.3, 0.4) is 0 Å². The van der Waals surface area contributed by atoms with Crippen molar-refractivity contribution in [2.45, 2.75) is 10.6 Å². The zero-order valence-corrected chi connectivity index (χ0v) is 12.0. The van der Waals surface area contributed by atoms with E-state index >= 15 is 0 Å². The van der Waals surface area contributed by atoms with Crippen molar-refractivity contribution in [2.75, 3.05) is 0 Å². The van der Waals surface area contributed by atoms with Crippen molar-refractivity contribution in [3.05, 3.63) is 64.1 Å². The van der Waals surface area contributed by atoms with Crippen LogP contribution >= 0.6 is 44.8 Å². The van der Waals surface area contributed by atoms with Crippen LogP contribution < -0.4 is 0 Å². The second-order valence-corrected chi connectivity index (χ2v) is 6.54. The van der Waals surface area contributed by atoms with Crippen molar-refractivity contribution in [2.24, 2.45) is 0 Å². The monoisotopic (exact) mass is 300 g/mol. The lowest BCUT2D eigenvalue weighted by Crippen LogP contribution is -1.82. The topological polar surface area (TPSA) is 0 Å². The van der Waals surface area contributed by atoms with E-state index in [-0.39, 0.29) is 0 Å². The molecule has 0 aromatic heterocycles. The fourth-order valence-corrected chi connectivity index (χ4v) is 4.16.